The minimum Gasteiger partial charge on any atom is -0.478 e. The van der Waals surface area contributed by atoms with Crippen LogP contribution in [0.1, 0.15) is 26.3 Å². The van der Waals surface area contributed by atoms with Gasteiger partial charge in [0.15, 0.2) is 0 Å². The van der Waals surface area contributed by atoms with Crippen LogP contribution in [0.5, 0.6) is 0 Å². The summed E-state index contributed by atoms with van der Waals surface area (Å²) in [7, 11) is 0. The molecule has 0 bridgehead atoms. The highest BCUT2D eigenvalue weighted by molar-refractivity contribution is 6.31. The Kier molecular flexibility index (Phi) is 4.14. The number of carboxylic acids is 1. The first-order chi connectivity index (χ1) is 9.88. The van der Waals surface area contributed by atoms with Gasteiger partial charge in [0.25, 0.3) is 5.91 Å². The Morgan fingerprint density at radius 3 is 2.38 bits per heavy atom. The Bertz CT molecular complexity index is 729. The fourth-order valence-electron chi connectivity index (χ4n) is 1.97. The zero-order chi connectivity index (χ0) is 15.6. The molecule has 0 saturated heterocycles. The van der Waals surface area contributed by atoms with E-state index < -0.39 is 11.9 Å². The molecule has 0 heterocycles. The molecule has 21 heavy (non-hydrogen) atoms. The summed E-state index contributed by atoms with van der Waals surface area (Å²) in [6.07, 6.45) is 0. The van der Waals surface area contributed by atoms with Crippen LogP contribution in [0.15, 0.2) is 36.4 Å². The van der Waals surface area contributed by atoms with Gasteiger partial charge in [0.05, 0.1) is 16.8 Å². The first-order valence-electron chi connectivity index (χ1n) is 6.09. The molecule has 0 saturated carbocycles. The predicted octanol–water partition coefficient (Wildman–Crippen LogP) is 3.19. The van der Waals surface area contributed by atoms with Crippen molar-refractivity contribution in [2.75, 3.05) is 5.32 Å². The maximum atomic E-state index is 11.4. The van der Waals surface area contributed by atoms with Crippen molar-refractivity contribution < 1.29 is 14.7 Å². The van der Waals surface area contributed by atoms with Gasteiger partial charge in [-0.2, -0.15) is 0 Å². The molecule has 2 aromatic rings. The first-order valence-corrected chi connectivity index (χ1v) is 6.46. The van der Waals surface area contributed by atoms with Gasteiger partial charge in [-0.1, -0.05) is 11.6 Å². The van der Waals surface area contributed by atoms with Gasteiger partial charge in [-0.3, -0.25) is 4.79 Å². The zero-order valence-corrected chi connectivity index (χ0v) is 11.9. The maximum absolute atomic E-state index is 11.4. The van der Waals surface area contributed by atoms with Crippen LogP contribution in [-0.4, -0.2) is 17.0 Å². The molecule has 0 aliphatic heterocycles. The highest BCUT2D eigenvalue weighted by Gasteiger charge is 2.11. The summed E-state index contributed by atoms with van der Waals surface area (Å²) in [5.74, 6) is -1.56. The van der Waals surface area contributed by atoms with Gasteiger partial charge in [-0.25, -0.2) is 4.79 Å². The number of benzene rings is 2. The number of rotatable bonds is 4. The molecule has 0 radical (unpaired) electrons. The van der Waals surface area contributed by atoms with Crippen molar-refractivity contribution in [3.63, 3.8) is 0 Å². The lowest BCUT2D eigenvalue weighted by molar-refractivity contribution is 0.0696. The van der Waals surface area contributed by atoms with Crippen LogP contribution in [0.2, 0.25) is 5.02 Å². The minimum absolute atomic E-state index is 0.224. The van der Waals surface area contributed by atoms with Crippen LogP contribution >= 0.6 is 11.6 Å². The predicted molar refractivity (Wildman–Crippen MR) is 81.4 cm³/mol. The Hall–Kier alpha value is -2.53. The second-order valence-corrected chi connectivity index (χ2v) is 4.95. The molecule has 0 fully saturated rings. The molecule has 0 atom stereocenters. The van der Waals surface area contributed by atoms with Crippen molar-refractivity contribution in [2.45, 2.75) is 6.92 Å². The van der Waals surface area contributed by atoms with Crippen LogP contribution in [-0.2, 0) is 0 Å². The molecule has 108 valence electrons. The van der Waals surface area contributed by atoms with E-state index in [1.807, 2.05) is 0 Å². The first kappa shape index (κ1) is 14.9. The number of nitrogens with one attached hydrogen (secondary N) is 1. The van der Waals surface area contributed by atoms with E-state index in [9.17, 15) is 9.59 Å². The molecule has 4 N–H and O–H groups in total. The third-order valence-corrected chi connectivity index (χ3v) is 3.22. The van der Waals surface area contributed by atoms with Gasteiger partial charge >= 0.3 is 5.97 Å². The van der Waals surface area contributed by atoms with Gasteiger partial charge in [-0.05, 0) is 48.9 Å². The number of aromatic carboxylic acids is 1. The summed E-state index contributed by atoms with van der Waals surface area (Å²) < 4.78 is 0. The van der Waals surface area contributed by atoms with E-state index in [0.29, 0.717) is 27.5 Å². The summed E-state index contributed by atoms with van der Waals surface area (Å²) in [6, 6.07) is 9.48. The van der Waals surface area contributed by atoms with Gasteiger partial charge in [-0.15, -0.1) is 0 Å². The fourth-order valence-corrected chi connectivity index (χ4v) is 2.14. The van der Waals surface area contributed by atoms with Crippen molar-refractivity contribution in [2.24, 2.45) is 5.73 Å². The lowest BCUT2D eigenvalue weighted by Gasteiger charge is -2.12. The monoisotopic (exact) mass is 304 g/mol. The average molecular weight is 305 g/mol. The number of primary amides is 1. The Labute approximate surface area is 126 Å². The van der Waals surface area contributed by atoms with Crippen molar-refractivity contribution in [3.8, 4) is 0 Å². The second kappa shape index (κ2) is 5.85. The molecule has 0 unspecified atom stereocenters. The largest absolute Gasteiger partial charge is 0.478 e. The summed E-state index contributed by atoms with van der Waals surface area (Å²) >= 11 is 5.92. The summed E-state index contributed by atoms with van der Waals surface area (Å²) in [6.45, 7) is 1.70. The topological polar surface area (TPSA) is 92.4 Å². The van der Waals surface area contributed by atoms with Crippen molar-refractivity contribution in [1.29, 1.82) is 0 Å². The molecule has 6 heteroatoms. The van der Waals surface area contributed by atoms with E-state index in [2.05, 4.69) is 5.32 Å². The van der Waals surface area contributed by atoms with Crippen molar-refractivity contribution in [3.05, 3.63) is 58.1 Å². The molecule has 0 aliphatic carbocycles. The standard InChI is InChI=1S/C15H13ClN2O3/c1-8-6-10(3-5-11(8)15(20)21)18-13-7-9(16)2-4-12(13)14(17)19/h2-7,18H,1H3,(H2,17,19)(H,20,21). The number of hydrogen-bond donors (Lipinski definition) is 3. The quantitative estimate of drug-likeness (QED) is 0.808. The summed E-state index contributed by atoms with van der Waals surface area (Å²) in [4.78, 5) is 22.4. The Morgan fingerprint density at radius 2 is 1.81 bits per heavy atom. The smallest absolute Gasteiger partial charge is 0.335 e. The third-order valence-electron chi connectivity index (χ3n) is 2.98. The van der Waals surface area contributed by atoms with Gasteiger partial charge in [0, 0.05) is 10.7 Å². The zero-order valence-electron chi connectivity index (χ0n) is 11.2. The number of hydrogen-bond acceptors (Lipinski definition) is 3. The number of carboxylic acid groups (broad SMARTS) is 1. The van der Waals surface area contributed by atoms with E-state index in [1.54, 1.807) is 31.2 Å². The van der Waals surface area contributed by atoms with Crippen LogP contribution in [0.3, 0.4) is 0 Å². The van der Waals surface area contributed by atoms with Crippen LogP contribution in [0.25, 0.3) is 0 Å². The van der Waals surface area contributed by atoms with Crippen LogP contribution in [0.4, 0.5) is 11.4 Å². The van der Waals surface area contributed by atoms with E-state index in [-0.39, 0.29) is 5.56 Å². The summed E-state index contributed by atoms with van der Waals surface area (Å²) in [5.41, 5.74) is 7.56. The number of nitrogens with two attached hydrogens (primary N) is 1. The Balaban J connectivity index is 2.38. The maximum Gasteiger partial charge on any atom is 0.335 e. The SMILES string of the molecule is Cc1cc(Nc2cc(Cl)ccc2C(N)=O)ccc1C(=O)O. The molecule has 1 amide bonds. The molecular weight excluding hydrogens is 292 g/mol. The number of aryl methyl sites for hydroxylation is 1. The van der Waals surface area contributed by atoms with Gasteiger partial charge in [0.2, 0.25) is 0 Å². The van der Waals surface area contributed by atoms with Crippen LogP contribution in [0, 0.1) is 6.92 Å². The van der Waals surface area contributed by atoms with E-state index in [0.717, 1.165) is 0 Å². The molecule has 2 rings (SSSR count). The highest BCUT2D eigenvalue weighted by atomic mass is 35.5. The average Bonchev–Trinajstić information content (AvgIpc) is 2.37. The molecular formula is C15H13ClN2O3. The highest BCUT2D eigenvalue weighted by Crippen LogP contribution is 2.25. The van der Waals surface area contributed by atoms with E-state index in [1.165, 1.54) is 12.1 Å². The van der Waals surface area contributed by atoms with Crippen LogP contribution < -0.4 is 11.1 Å². The van der Waals surface area contributed by atoms with E-state index in [4.69, 9.17) is 22.4 Å². The number of anilines is 2. The number of carbonyl (C=O) groups is 2. The minimum atomic E-state index is -0.986. The van der Waals surface area contributed by atoms with Gasteiger partial charge < -0.3 is 16.2 Å². The normalized spacial score (nSPS) is 10.2. The molecule has 0 aromatic heterocycles. The lowest BCUT2D eigenvalue weighted by atomic mass is 10.1. The second-order valence-electron chi connectivity index (χ2n) is 4.51. The third kappa shape index (κ3) is 3.32. The number of amides is 1. The lowest BCUT2D eigenvalue weighted by Crippen LogP contribution is -2.13. The van der Waals surface area contributed by atoms with E-state index >= 15 is 0 Å². The van der Waals surface area contributed by atoms with Crippen molar-refractivity contribution >= 4 is 34.9 Å². The van der Waals surface area contributed by atoms with Gasteiger partial charge in [0.1, 0.15) is 0 Å². The number of carbonyl (C=O) groups excluding carboxylic acids is 1. The summed E-state index contributed by atoms with van der Waals surface area (Å²) in [5, 5.41) is 12.5. The van der Waals surface area contributed by atoms with Crippen molar-refractivity contribution in [1.82, 2.24) is 0 Å². The Morgan fingerprint density at radius 1 is 1.14 bits per heavy atom. The number of halogens is 1. The molecule has 2 aromatic carbocycles. The molecule has 5 nitrogen and oxygen atoms in total. The molecule has 0 spiro atoms. The fraction of sp³-hybridized carbons (Fsp3) is 0.0667. The molecule has 0 aliphatic rings.